The van der Waals surface area contributed by atoms with E-state index in [1.807, 2.05) is 36.5 Å². The van der Waals surface area contributed by atoms with Crippen LogP contribution < -0.4 is 0 Å². The second kappa shape index (κ2) is 13.7. The molecule has 244 valence electrons. The summed E-state index contributed by atoms with van der Waals surface area (Å²) in [5.74, 6) is 0.704. The minimum absolute atomic E-state index is 0.704. The lowest BCUT2D eigenvalue weighted by Crippen LogP contribution is -1.97. The molecular formula is C49H33N3. The Kier molecular flexibility index (Phi) is 8.20. The van der Waals surface area contributed by atoms with E-state index in [9.17, 15) is 0 Å². The molecule has 9 aromatic rings. The number of aromatic nitrogens is 3. The standard InChI is InChI=1S/C49H33N3/c1-3-12-35(13-4-1)41-17-7-10-20-46(41)48-32-47(51-49(52-48)39-14-5-2-6-15-39)38-27-25-37(26-28-38)43-30-29-42(44-18-8-9-19-45(43)44)36-23-21-34(22-24-36)40-16-11-31-50-33-40/h1-33H. The molecule has 0 unspecified atom stereocenters. The SMILES string of the molecule is c1ccc(-c2nc(-c3ccc(-c4ccc(-c5ccc(-c6cccnc6)cc5)c5ccccc45)cc3)cc(-c3ccccc3-c3ccccc3)n2)cc1. The number of nitrogens with zero attached hydrogens (tertiary/aromatic N) is 3. The van der Waals surface area contributed by atoms with Crippen molar-refractivity contribution in [3.63, 3.8) is 0 Å². The molecule has 0 radical (unpaired) electrons. The fourth-order valence-electron chi connectivity index (χ4n) is 7.02. The number of fused-ring (bicyclic) bond motifs is 1. The zero-order chi connectivity index (χ0) is 34.7. The number of pyridine rings is 1. The van der Waals surface area contributed by atoms with E-state index in [-0.39, 0.29) is 0 Å². The number of benzene rings is 7. The molecule has 0 fully saturated rings. The topological polar surface area (TPSA) is 38.7 Å². The zero-order valence-electron chi connectivity index (χ0n) is 28.4. The van der Waals surface area contributed by atoms with Crippen LogP contribution in [0.5, 0.6) is 0 Å². The molecular weight excluding hydrogens is 631 g/mol. The highest BCUT2D eigenvalue weighted by atomic mass is 14.9. The third kappa shape index (κ3) is 6.06. The van der Waals surface area contributed by atoms with Crippen molar-refractivity contribution in [3.05, 3.63) is 200 Å². The predicted molar refractivity (Wildman–Crippen MR) is 215 cm³/mol. The lowest BCUT2D eigenvalue weighted by molar-refractivity contribution is 1.18. The molecule has 0 N–H and O–H groups in total. The van der Waals surface area contributed by atoms with Gasteiger partial charge in [-0.15, -0.1) is 0 Å². The molecule has 2 aromatic heterocycles. The van der Waals surface area contributed by atoms with Crippen molar-refractivity contribution in [1.82, 2.24) is 15.0 Å². The highest BCUT2D eigenvalue weighted by Crippen LogP contribution is 2.38. The minimum Gasteiger partial charge on any atom is -0.264 e. The molecule has 3 heteroatoms. The summed E-state index contributed by atoms with van der Waals surface area (Å²) >= 11 is 0. The van der Waals surface area contributed by atoms with Gasteiger partial charge >= 0.3 is 0 Å². The Morgan fingerprint density at radius 3 is 1.38 bits per heavy atom. The van der Waals surface area contributed by atoms with Crippen LogP contribution in [0.15, 0.2) is 200 Å². The van der Waals surface area contributed by atoms with Crippen molar-refractivity contribution in [3.8, 4) is 78.4 Å². The molecule has 0 saturated carbocycles. The average molecular weight is 664 g/mol. The van der Waals surface area contributed by atoms with Crippen molar-refractivity contribution in [2.45, 2.75) is 0 Å². The highest BCUT2D eigenvalue weighted by Gasteiger charge is 2.15. The van der Waals surface area contributed by atoms with Gasteiger partial charge in [0.15, 0.2) is 5.82 Å². The average Bonchev–Trinajstić information content (AvgIpc) is 3.24. The van der Waals surface area contributed by atoms with Gasteiger partial charge in [0.25, 0.3) is 0 Å². The second-order valence-electron chi connectivity index (χ2n) is 12.8. The van der Waals surface area contributed by atoms with Gasteiger partial charge in [-0.1, -0.05) is 176 Å². The van der Waals surface area contributed by atoms with E-state index in [0.29, 0.717) is 5.82 Å². The predicted octanol–water partition coefficient (Wildman–Crippen LogP) is 12.7. The highest BCUT2D eigenvalue weighted by molar-refractivity contribution is 6.05. The maximum atomic E-state index is 5.12. The molecule has 0 bridgehead atoms. The molecule has 0 spiro atoms. The summed E-state index contributed by atoms with van der Waals surface area (Å²) in [6, 6.07) is 66.1. The lowest BCUT2D eigenvalue weighted by Gasteiger charge is -2.14. The minimum atomic E-state index is 0.704. The maximum Gasteiger partial charge on any atom is 0.160 e. The summed E-state index contributed by atoms with van der Waals surface area (Å²) in [5, 5.41) is 2.44. The Morgan fingerprint density at radius 1 is 0.288 bits per heavy atom. The quantitative estimate of drug-likeness (QED) is 0.170. The summed E-state index contributed by atoms with van der Waals surface area (Å²) in [5.41, 5.74) is 14.2. The molecule has 0 aliphatic rings. The van der Waals surface area contributed by atoms with Crippen molar-refractivity contribution < 1.29 is 0 Å². The molecule has 0 aliphatic carbocycles. The maximum absolute atomic E-state index is 5.12. The van der Waals surface area contributed by atoms with Crippen LogP contribution >= 0.6 is 0 Å². The fourth-order valence-corrected chi connectivity index (χ4v) is 7.02. The van der Waals surface area contributed by atoms with Gasteiger partial charge in [0.05, 0.1) is 11.4 Å². The summed E-state index contributed by atoms with van der Waals surface area (Å²) in [6.07, 6.45) is 3.71. The summed E-state index contributed by atoms with van der Waals surface area (Å²) < 4.78 is 0. The van der Waals surface area contributed by atoms with E-state index in [4.69, 9.17) is 9.97 Å². The van der Waals surface area contributed by atoms with Gasteiger partial charge in [-0.2, -0.15) is 0 Å². The van der Waals surface area contributed by atoms with Gasteiger partial charge in [-0.25, -0.2) is 9.97 Å². The van der Waals surface area contributed by atoms with Crippen molar-refractivity contribution >= 4 is 10.8 Å². The Balaban J connectivity index is 1.10. The van der Waals surface area contributed by atoms with Gasteiger partial charge in [-0.3, -0.25) is 4.98 Å². The molecule has 52 heavy (non-hydrogen) atoms. The second-order valence-corrected chi connectivity index (χ2v) is 12.8. The molecule has 0 aliphatic heterocycles. The van der Waals surface area contributed by atoms with E-state index in [1.54, 1.807) is 6.20 Å². The summed E-state index contributed by atoms with van der Waals surface area (Å²) in [4.78, 5) is 14.5. The van der Waals surface area contributed by atoms with Crippen molar-refractivity contribution in [1.29, 1.82) is 0 Å². The van der Waals surface area contributed by atoms with Crippen LogP contribution in [0.25, 0.3) is 89.2 Å². The zero-order valence-corrected chi connectivity index (χ0v) is 28.4. The first-order valence-electron chi connectivity index (χ1n) is 17.5. The number of hydrogen-bond donors (Lipinski definition) is 0. The smallest absolute Gasteiger partial charge is 0.160 e. The number of rotatable bonds is 7. The van der Waals surface area contributed by atoms with Gasteiger partial charge in [0.1, 0.15) is 0 Å². The lowest BCUT2D eigenvalue weighted by atomic mass is 9.91. The van der Waals surface area contributed by atoms with Gasteiger partial charge in [0, 0.05) is 29.1 Å². The monoisotopic (exact) mass is 663 g/mol. The Hall–Kier alpha value is -6.97. The normalized spacial score (nSPS) is 11.1. The van der Waals surface area contributed by atoms with Crippen molar-refractivity contribution in [2.24, 2.45) is 0 Å². The molecule has 3 nitrogen and oxygen atoms in total. The van der Waals surface area contributed by atoms with Crippen LogP contribution in [0.3, 0.4) is 0 Å². The first kappa shape index (κ1) is 31.0. The molecule has 2 heterocycles. The molecule has 0 amide bonds. The Bertz CT molecular complexity index is 2630. The Labute approximate surface area is 303 Å². The van der Waals surface area contributed by atoms with Crippen LogP contribution in [0.4, 0.5) is 0 Å². The van der Waals surface area contributed by atoms with E-state index < -0.39 is 0 Å². The molecule has 0 saturated heterocycles. The van der Waals surface area contributed by atoms with E-state index in [1.165, 1.54) is 27.5 Å². The van der Waals surface area contributed by atoms with Gasteiger partial charge < -0.3 is 0 Å². The van der Waals surface area contributed by atoms with E-state index >= 15 is 0 Å². The first-order valence-corrected chi connectivity index (χ1v) is 17.5. The molecule has 9 rings (SSSR count). The molecule has 7 aromatic carbocycles. The van der Waals surface area contributed by atoms with Crippen LogP contribution in [0.1, 0.15) is 0 Å². The van der Waals surface area contributed by atoms with E-state index in [0.717, 1.165) is 55.9 Å². The Morgan fingerprint density at radius 2 is 0.769 bits per heavy atom. The first-order chi connectivity index (χ1) is 25.8. The number of hydrogen-bond acceptors (Lipinski definition) is 3. The molecule has 0 atom stereocenters. The summed E-state index contributed by atoms with van der Waals surface area (Å²) in [7, 11) is 0. The van der Waals surface area contributed by atoms with E-state index in [2.05, 4.69) is 163 Å². The van der Waals surface area contributed by atoms with Crippen LogP contribution in [0, 0.1) is 0 Å². The summed E-state index contributed by atoms with van der Waals surface area (Å²) in [6.45, 7) is 0. The van der Waals surface area contributed by atoms with Crippen LogP contribution in [-0.2, 0) is 0 Å². The third-order valence-corrected chi connectivity index (χ3v) is 9.65. The van der Waals surface area contributed by atoms with Gasteiger partial charge in [0.2, 0.25) is 0 Å². The van der Waals surface area contributed by atoms with Gasteiger partial charge in [-0.05, 0) is 67.4 Å². The third-order valence-electron chi connectivity index (χ3n) is 9.65. The van der Waals surface area contributed by atoms with Crippen molar-refractivity contribution in [2.75, 3.05) is 0 Å². The van der Waals surface area contributed by atoms with Crippen LogP contribution in [-0.4, -0.2) is 15.0 Å². The van der Waals surface area contributed by atoms with Crippen LogP contribution in [0.2, 0.25) is 0 Å². The largest absolute Gasteiger partial charge is 0.264 e. The fraction of sp³-hybridized carbons (Fsp3) is 0.